The molecule has 1 amide bonds. The third-order valence-corrected chi connectivity index (χ3v) is 3.16. The van der Waals surface area contributed by atoms with Gasteiger partial charge in [-0.1, -0.05) is 23.7 Å². The lowest BCUT2D eigenvalue weighted by Crippen LogP contribution is -2.29. The maximum absolute atomic E-state index is 11.2. The highest BCUT2D eigenvalue weighted by molar-refractivity contribution is 6.35. The number of carboxylic acid groups (broad SMARTS) is 1. The predicted octanol–water partition coefficient (Wildman–Crippen LogP) is 3.43. The minimum Gasteiger partial charge on any atom is -0.465 e. The molecule has 0 unspecified atom stereocenters. The summed E-state index contributed by atoms with van der Waals surface area (Å²) in [5, 5.41) is 13.5. The van der Waals surface area contributed by atoms with Crippen LogP contribution in [-0.4, -0.2) is 29.8 Å². The van der Waals surface area contributed by atoms with Crippen molar-refractivity contribution in [2.24, 2.45) is 0 Å². The Morgan fingerprint density at radius 1 is 1.53 bits per heavy atom. The van der Waals surface area contributed by atoms with Crippen molar-refractivity contribution in [3.63, 3.8) is 0 Å². The molecule has 0 bridgehead atoms. The minimum absolute atomic E-state index is 0.345. The van der Waals surface area contributed by atoms with Gasteiger partial charge in [0.1, 0.15) is 0 Å². The van der Waals surface area contributed by atoms with Crippen LogP contribution in [-0.2, 0) is 0 Å². The van der Waals surface area contributed by atoms with E-state index in [-0.39, 0.29) is 0 Å². The monoisotopic (exact) mass is 279 g/mol. The Hall–Kier alpha value is -2.01. The second-order valence-corrected chi connectivity index (χ2v) is 4.35. The van der Waals surface area contributed by atoms with E-state index in [9.17, 15) is 9.90 Å². The number of rotatable bonds is 3. The lowest BCUT2D eigenvalue weighted by atomic mass is 10.2. The summed E-state index contributed by atoms with van der Waals surface area (Å²) in [6, 6.07) is 7.20. The number of para-hydroxylation sites is 1. The molecule has 1 aromatic heterocycles. The fourth-order valence-corrected chi connectivity index (χ4v) is 2.17. The van der Waals surface area contributed by atoms with Crippen LogP contribution in [0.2, 0.25) is 5.02 Å². The summed E-state index contributed by atoms with van der Waals surface area (Å²) in [7, 11) is 1.70. The summed E-state index contributed by atoms with van der Waals surface area (Å²) in [6.07, 6.45) is -1.01. The number of benzene rings is 1. The molecule has 2 rings (SSSR count). The van der Waals surface area contributed by atoms with E-state index in [0.717, 1.165) is 5.39 Å². The first-order valence-electron chi connectivity index (χ1n) is 5.86. The number of hydrogen-bond donors (Lipinski definition) is 2. The molecule has 0 radical (unpaired) electrons. The summed E-state index contributed by atoms with van der Waals surface area (Å²) in [5.74, 6) is 0.491. The topological polar surface area (TPSA) is 65.5 Å². The summed E-state index contributed by atoms with van der Waals surface area (Å²) in [6.45, 7) is 2.12. The van der Waals surface area contributed by atoms with Gasteiger partial charge in [-0.05, 0) is 19.1 Å². The first-order chi connectivity index (χ1) is 9.08. The number of aromatic nitrogens is 1. The van der Waals surface area contributed by atoms with Crippen molar-refractivity contribution in [1.82, 2.24) is 4.98 Å². The maximum Gasteiger partial charge on any atom is 0.411 e. The zero-order valence-electron chi connectivity index (χ0n) is 10.6. The van der Waals surface area contributed by atoms with Crippen LogP contribution in [0.4, 0.5) is 16.3 Å². The van der Waals surface area contributed by atoms with Crippen molar-refractivity contribution < 1.29 is 9.90 Å². The molecular formula is C13H14ClN3O2. The molecule has 0 saturated carbocycles. The van der Waals surface area contributed by atoms with E-state index >= 15 is 0 Å². The Balaban J connectivity index is 2.70. The van der Waals surface area contributed by atoms with Gasteiger partial charge in [0.2, 0.25) is 0 Å². The summed E-state index contributed by atoms with van der Waals surface area (Å²) < 4.78 is 0. The maximum atomic E-state index is 11.2. The van der Waals surface area contributed by atoms with E-state index in [1.165, 1.54) is 4.90 Å². The molecule has 19 heavy (non-hydrogen) atoms. The Bertz CT molecular complexity index is 631. The van der Waals surface area contributed by atoms with Crippen LogP contribution in [0.1, 0.15) is 6.92 Å². The summed E-state index contributed by atoms with van der Waals surface area (Å²) in [4.78, 5) is 16.9. The van der Waals surface area contributed by atoms with Gasteiger partial charge in [0, 0.05) is 19.0 Å². The molecule has 0 aliphatic carbocycles. The van der Waals surface area contributed by atoms with E-state index in [1.54, 1.807) is 26.1 Å². The van der Waals surface area contributed by atoms with Crippen LogP contribution < -0.4 is 10.2 Å². The first-order valence-corrected chi connectivity index (χ1v) is 6.23. The molecule has 0 atom stereocenters. The number of amides is 1. The molecule has 0 fully saturated rings. The van der Waals surface area contributed by atoms with Gasteiger partial charge in [-0.2, -0.15) is 0 Å². The normalized spacial score (nSPS) is 10.5. The highest BCUT2D eigenvalue weighted by Crippen LogP contribution is 2.31. The number of fused-ring (bicyclic) bond motifs is 1. The fourth-order valence-electron chi connectivity index (χ4n) is 1.95. The number of anilines is 2. The molecule has 100 valence electrons. The minimum atomic E-state index is -1.01. The average Bonchev–Trinajstić information content (AvgIpc) is 2.39. The fraction of sp³-hybridized carbons (Fsp3) is 0.231. The number of halogens is 1. The second kappa shape index (κ2) is 5.32. The van der Waals surface area contributed by atoms with Crippen molar-refractivity contribution in [2.45, 2.75) is 6.92 Å². The number of pyridine rings is 1. The number of hydrogen-bond acceptors (Lipinski definition) is 3. The van der Waals surface area contributed by atoms with Gasteiger partial charge in [-0.15, -0.1) is 0 Å². The molecule has 2 N–H and O–H groups in total. The van der Waals surface area contributed by atoms with Gasteiger partial charge in [-0.3, -0.25) is 4.90 Å². The van der Waals surface area contributed by atoms with Crippen LogP contribution in [0.25, 0.3) is 10.9 Å². The van der Waals surface area contributed by atoms with E-state index < -0.39 is 6.09 Å². The van der Waals surface area contributed by atoms with Crippen molar-refractivity contribution in [3.05, 3.63) is 29.3 Å². The van der Waals surface area contributed by atoms with Crippen molar-refractivity contribution in [1.29, 1.82) is 0 Å². The zero-order chi connectivity index (χ0) is 14.0. The van der Waals surface area contributed by atoms with Crippen LogP contribution in [0.5, 0.6) is 0 Å². The Morgan fingerprint density at radius 3 is 2.84 bits per heavy atom. The molecule has 1 heterocycles. The summed E-state index contributed by atoms with van der Waals surface area (Å²) in [5.41, 5.74) is 1.17. The van der Waals surface area contributed by atoms with Crippen LogP contribution in [0, 0.1) is 0 Å². The van der Waals surface area contributed by atoms with Crippen molar-refractivity contribution >= 4 is 40.1 Å². The first kappa shape index (κ1) is 13.4. The van der Waals surface area contributed by atoms with E-state index in [0.29, 0.717) is 28.6 Å². The Morgan fingerprint density at radius 2 is 2.26 bits per heavy atom. The lowest BCUT2D eigenvalue weighted by Gasteiger charge is -2.20. The van der Waals surface area contributed by atoms with E-state index in [2.05, 4.69) is 10.3 Å². The zero-order valence-corrected chi connectivity index (χ0v) is 11.4. The number of carbonyl (C=O) groups is 1. The predicted molar refractivity (Wildman–Crippen MR) is 77.3 cm³/mol. The van der Waals surface area contributed by atoms with Crippen LogP contribution >= 0.6 is 11.6 Å². The van der Waals surface area contributed by atoms with Crippen molar-refractivity contribution in [2.75, 3.05) is 23.8 Å². The smallest absolute Gasteiger partial charge is 0.411 e. The van der Waals surface area contributed by atoms with E-state index in [4.69, 9.17) is 11.6 Å². The van der Waals surface area contributed by atoms with Crippen molar-refractivity contribution in [3.8, 4) is 0 Å². The highest BCUT2D eigenvalue weighted by atomic mass is 35.5. The molecule has 2 aromatic rings. The van der Waals surface area contributed by atoms with Crippen LogP contribution in [0.3, 0.4) is 0 Å². The number of nitrogens with zero attached hydrogens (tertiary/aromatic N) is 2. The Labute approximate surface area is 115 Å². The molecule has 6 heteroatoms. The second-order valence-electron chi connectivity index (χ2n) is 3.94. The molecule has 0 spiro atoms. The van der Waals surface area contributed by atoms with Crippen LogP contribution in [0.15, 0.2) is 24.3 Å². The third kappa shape index (κ3) is 2.42. The number of nitrogens with one attached hydrogen (secondary N) is 1. The molecular weight excluding hydrogens is 266 g/mol. The van der Waals surface area contributed by atoms with E-state index in [1.807, 2.05) is 12.1 Å². The molecule has 0 aliphatic rings. The van der Waals surface area contributed by atoms with Gasteiger partial charge in [0.05, 0.1) is 16.2 Å². The van der Waals surface area contributed by atoms with Gasteiger partial charge in [0.25, 0.3) is 0 Å². The summed E-state index contributed by atoms with van der Waals surface area (Å²) >= 11 is 6.09. The average molecular weight is 280 g/mol. The molecule has 5 nitrogen and oxygen atoms in total. The highest BCUT2D eigenvalue weighted by Gasteiger charge is 2.18. The molecule has 1 aromatic carbocycles. The third-order valence-electron chi connectivity index (χ3n) is 2.85. The standard InChI is InChI=1S/C13H14ClN3O2/c1-3-17(13(18)19)10-7-8-5-4-6-9(14)11(8)16-12(10)15-2/h4-7H,3H2,1-2H3,(H,15,16)(H,18,19). The van der Waals surface area contributed by atoms with Gasteiger partial charge in [0.15, 0.2) is 5.82 Å². The Kier molecular flexibility index (Phi) is 3.76. The van der Waals surface area contributed by atoms with Gasteiger partial charge >= 0.3 is 6.09 Å². The largest absolute Gasteiger partial charge is 0.465 e. The molecule has 0 saturated heterocycles. The van der Waals surface area contributed by atoms with Gasteiger partial charge in [-0.25, -0.2) is 9.78 Å². The SMILES string of the molecule is CCN(C(=O)O)c1cc2cccc(Cl)c2nc1NC. The molecule has 0 aliphatic heterocycles. The quantitative estimate of drug-likeness (QED) is 0.903. The lowest BCUT2D eigenvalue weighted by molar-refractivity contribution is 0.202. The van der Waals surface area contributed by atoms with Gasteiger partial charge < -0.3 is 10.4 Å².